The molecule has 6 heteroatoms. The van der Waals surface area contributed by atoms with Crippen LogP contribution in [0.25, 0.3) is 10.6 Å². The summed E-state index contributed by atoms with van der Waals surface area (Å²) >= 11 is 1.53. The largest absolute Gasteiger partial charge is 0.326 e. The number of carbonyl (C=O) groups is 1. The van der Waals surface area contributed by atoms with E-state index in [0.29, 0.717) is 12.4 Å². The highest BCUT2D eigenvalue weighted by molar-refractivity contribution is 7.13. The second-order valence-corrected chi connectivity index (χ2v) is 6.35. The van der Waals surface area contributed by atoms with Crippen molar-refractivity contribution in [1.82, 2.24) is 9.97 Å². The summed E-state index contributed by atoms with van der Waals surface area (Å²) in [7, 11) is 0. The Morgan fingerprint density at radius 3 is 2.75 bits per heavy atom. The third kappa shape index (κ3) is 4.04. The molecule has 0 radical (unpaired) electrons. The Balaban J connectivity index is 1.65. The second-order valence-electron chi connectivity index (χ2n) is 5.49. The van der Waals surface area contributed by atoms with Crippen molar-refractivity contribution < 1.29 is 4.79 Å². The lowest BCUT2D eigenvalue weighted by molar-refractivity contribution is -0.115. The van der Waals surface area contributed by atoms with Gasteiger partial charge in [0, 0.05) is 23.7 Å². The Hall–Kier alpha value is -2.57. The van der Waals surface area contributed by atoms with Gasteiger partial charge in [-0.25, -0.2) is 9.97 Å². The minimum Gasteiger partial charge on any atom is -0.326 e. The minimum absolute atomic E-state index is 0.122. The molecule has 0 aliphatic heterocycles. The van der Waals surface area contributed by atoms with E-state index in [-0.39, 0.29) is 12.3 Å². The first kappa shape index (κ1) is 16.3. The van der Waals surface area contributed by atoms with Crippen molar-refractivity contribution in [3.8, 4) is 10.6 Å². The van der Waals surface area contributed by atoms with Gasteiger partial charge in [-0.2, -0.15) is 0 Å². The van der Waals surface area contributed by atoms with E-state index in [9.17, 15) is 4.79 Å². The number of anilines is 1. The second kappa shape index (κ2) is 7.33. The van der Waals surface area contributed by atoms with Gasteiger partial charge in [0.05, 0.1) is 12.1 Å². The number of pyridine rings is 1. The third-order valence-corrected chi connectivity index (χ3v) is 4.45. The Bertz CT molecular complexity index is 842. The van der Waals surface area contributed by atoms with Crippen LogP contribution < -0.4 is 11.1 Å². The standard InChI is InChI=1S/C18H18N4OS/c1-12-6-7-20-16(8-12)22-17(23)9-15-11-24-18(21-15)14-4-2-13(10-19)3-5-14/h2-8,11H,9-10,19H2,1H3,(H,20,22,23). The van der Waals surface area contributed by atoms with Gasteiger partial charge in [-0.05, 0) is 30.2 Å². The lowest BCUT2D eigenvalue weighted by Gasteiger charge is -2.03. The first-order valence-corrected chi connectivity index (χ1v) is 8.48. The van der Waals surface area contributed by atoms with Crippen LogP contribution in [0.5, 0.6) is 0 Å². The average molecular weight is 338 g/mol. The fourth-order valence-electron chi connectivity index (χ4n) is 2.26. The van der Waals surface area contributed by atoms with Crippen molar-refractivity contribution >= 4 is 23.1 Å². The predicted octanol–water partition coefficient (Wildman–Crippen LogP) is 3.15. The molecule has 5 nitrogen and oxygen atoms in total. The van der Waals surface area contributed by atoms with Crippen LogP contribution >= 0.6 is 11.3 Å². The van der Waals surface area contributed by atoms with Crippen LogP contribution in [0, 0.1) is 6.92 Å². The average Bonchev–Trinajstić information content (AvgIpc) is 3.03. The third-order valence-electron chi connectivity index (χ3n) is 3.51. The Morgan fingerprint density at radius 2 is 2.04 bits per heavy atom. The number of nitrogens with one attached hydrogen (secondary N) is 1. The molecule has 0 aliphatic carbocycles. The van der Waals surface area contributed by atoms with E-state index in [4.69, 9.17) is 5.73 Å². The summed E-state index contributed by atoms with van der Waals surface area (Å²) in [5.41, 5.74) is 9.53. The molecule has 3 aromatic rings. The summed E-state index contributed by atoms with van der Waals surface area (Å²) in [5.74, 6) is 0.441. The van der Waals surface area contributed by atoms with E-state index >= 15 is 0 Å². The summed E-state index contributed by atoms with van der Waals surface area (Å²) < 4.78 is 0. The molecule has 0 saturated heterocycles. The molecule has 3 N–H and O–H groups in total. The molecule has 0 atom stereocenters. The SMILES string of the molecule is Cc1ccnc(NC(=O)Cc2csc(-c3ccc(CN)cc3)n2)c1. The van der Waals surface area contributed by atoms with Crippen LogP contribution in [-0.2, 0) is 17.8 Å². The number of amides is 1. The maximum Gasteiger partial charge on any atom is 0.231 e. The summed E-state index contributed by atoms with van der Waals surface area (Å²) in [6.45, 7) is 2.48. The molecule has 0 bridgehead atoms. The van der Waals surface area contributed by atoms with Crippen molar-refractivity contribution in [2.24, 2.45) is 5.73 Å². The van der Waals surface area contributed by atoms with E-state index < -0.39 is 0 Å². The predicted molar refractivity (Wildman–Crippen MR) is 96.7 cm³/mol. The molecule has 0 fully saturated rings. The van der Waals surface area contributed by atoms with Crippen LogP contribution in [0.1, 0.15) is 16.8 Å². The van der Waals surface area contributed by atoms with Crippen LogP contribution in [0.4, 0.5) is 5.82 Å². The van der Waals surface area contributed by atoms with Crippen molar-refractivity contribution in [3.63, 3.8) is 0 Å². The highest BCUT2D eigenvalue weighted by Gasteiger charge is 2.10. The summed E-state index contributed by atoms with van der Waals surface area (Å²) in [6, 6.07) is 11.7. The zero-order valence-corrected chi connectivity index (χ0v) is 14.1. The van der Waals surface area contributed by atoms with Gasteiger partial charge in [0.2, 0.25) is 5.91 Å². The van der Waals surface area contributed by atoms with Crippen molar-refractivity contribution in [2.75, 3.05) is 5.32 Å². The Kier molecular flexibility index (Phi) is 4.98. The quantitative estimate of drug-likeness (QED) is 0.749. The minimum atomic E-state index is -0.122. The molecule has 1 aromatic carbocycles. The highest BCUT2D eigenvalue weighted by Crippen LogP contribution is 2.24. The van der Waals surface area contributed by atoms with E-state index in [1.54, 1.807) is 6.20 Å². The monoisotopic (exact) mass is 338 g/mol. The first-order chi connectivity index (χ1) is 11.6. The van der Waals surface area contributed by atoms with E-state index in [1.807, 2.05) is 48.7 Å². The molecule has 0 unspecified atom stereocenters. The van der Waals surface area contributed by atoms with Crippen molar-refractivity contribution in [3.05, 3.63) is 64.8 Å². The summed E-state index contributed by atoms with van der Waals surface area (Å²) in [4.78, 5) is 20.8. The fourth-order valence-corrected chi connectivity index (χ4v) is 3.09. The molecule has 2 heterocycles. The zero-order valence-electron chi connectivity index (χ0n) is 13.3. The van der Waals surface area contributed by atoms with Gasteiger partial charge in [0.25, 0.3) is 0 Å². The molecule has 0 spiro atoms. The molecule has 24 heavy (non-hydrogen) atoms. The molecular formula is C18H18N4OS. The number of nitrogens with zero attached hydrogens (tertiary/aromatic N) is 2. The Morgan fingerprint density at radius 1 is 1.25 bits per heavy atom. The van der Waals surface area contributed by atoms with Crippen LogP contribution in [-0.4, -0.2) is 15.9 Å². The van der Waals surface area contributed by atoms with Gasteiger partial charge in [0.1, 0.15) is 10.8 Å². The highest BCUT2D eigenvalue weighted by atomic mass is 32.1. The van der Waals surface area contributed by atoms with Gasteiger partial charge < -0.3 is 11.1 Å². The lowest BCUT2D eigenvalue weighted by atomic mass is 10.1. The van der Waals surface area contributed by atoms with Gasteiger partial charge >= 0.3 is 0 Å². The summed E-state index contributed by atoms with van der Waals surface area (Å²) in [5, 5.41) is 5.61. The number of hydrogen-bond acceptors (Lipinski definition) is 5. The zero-order chi connectivity index (χ0) is 16.9. The first-order valence-electron chi connectivity index (χ1n) is 7.60. The maximum absolute atomic E-state index is 12.1. The smallest absolute Gasteiger partial charge is 0.231 e. The van der Waals surface area contributed by atoms with Gasteiger partial charge in [-0.15, -0.1) is 11.3 Å². The Labute approximate surface area is 144 Å². The lowest BCUT2D eigenvalue weighted by Crippen LogP contribution is -2.15. The fraction of sp³-hybridized carbons (Fsp3) is 0.167. The van der Waals surface area contributed by atoms with Crippen LogP contribution in [0.3, 0.4) is 0 Å². The maximum atomic E-state index is 12.1. The molecule has 2 aromatic heterocycles. The van der Waals surface area contributed by atoms with Crippen LogP contribution in [0.15, 0.2) is 48.0 Å². The number of carbonyl (C=O) groups excluding carboxylic acids is 1. The number of hydrogen-bond donors (Lipinski definition) is 2. The molecule has 1 amide bonds. The molecule has 0 saturated carbocycles. The number of rotatable bonds is 5. The van der Waals surface area contributed by atoms with Crippen molar-refractivity contribution in [1.29, 1.82) is 0 Å². The van der Waals surface area contributed by atoms with Crippen LogP contribution in [0.2, 0.25) is 0 Å². The normalized spacial score (nSPS) is 10.6. The number of thiazole rings is 1. The van der Waals surface area contributed by atoms with E-state index in [2.05, 4.69) is 15.3 Å². The van der Waals surface area contributed by atoms with Gasteiger partial charge in [-0.3, -0.25) is 4.79 Å². The van der Waals surface area contributed by atoms with Crippen molar-refractivity contribution in [2.45, 2.75) is 19.9 Å². The topological polar surface area (TPSA) is 80.9 Å². The summed E-state index contributed by atoms with van der Waals surface area (Å²) in [6.07, 6.45) is 1.91. The number of aryl methyl sites for hydroxylation is 1. The molecule has 3 rings (SSSR count). The number of nitrogens with two attached hydrogens (primary N) is 1. The molecule has 122 valence electrons. The van der Waals surface area contributed by atoms with E-state index in [0.717, 1.165) is 27.4 Å². The van der Waals surface area contributed by atoms with E-state index in [1.165, 1.54) is 11.3 Å². The number of aromatic nitrogens is 2. The van der Waals surface area contributed by atoms with Gasteiger partial charge in [0.15, 0.2) is 0 Å². The van der Waals surface area contributed by atoms with Gasteiger partial charge in [-0.1, -0.05) is 24.3 Å². The molecular weight excluding hydrogens is 320 g/mol. The number of benzene rings is 1. The molecule has 0 aliphatic rings.